The summed E-state index contributed by atoms with van der Waals surface area (Å²) in [6.45, 7) is 5.47. The van der Waals surface area contributed by atoms with Gasteiger partial charge in [-0.05, 0) is 12.2 Å². The first-order valence-corrected chi connectivity index (χ1v) is 4.78. The van der Waals surface area contributed by atoms with Crippen molar-refractivity contribution in [3.63, 3.8) is 0 Å². The first kappa shape index (κ1) is 10.6. The van der Waals surface area contributed by atoms with Crippen molar-refractivity contribution in [2.45, 2.75) is 0 Å². The number of morpholine rings is 1. The smallest absolute Gasteiger partial charge is 0.180 e. The zero-order chi connectivity index (χ0) is 9.52. The van der Waals surface area contributed by atoms with Crippen molar-refractivity contribution in [1.82, 2.24) is 15.6 Å². The van der Waals surface area contributed by atoms with Gasteiger partial charge in [-0.1, -0.05) is 0 Å². The monoisotopic (exact) mass is 204 g/mol. The second-order valence-electron chi connectivity index (χ2n) is 2.85. The van der Waals surface area contributed by atoms with Gasteiger partial charge in [-0.3, -0.25) is 4.90 Å². The Labute approximate surface area is 83.6 Å². The number of thiocarbonyl (C=S) groups is 1. The molecule has 0 unspecified atom stereocenters. The van der Waals surface area contributed by atoms with Crippen LogP contribution in [0.4, 0.5) is 0 Å². The van der Waals surface area contributed by atoms with Crippen molar-refractivity contribution < 1.29 is 4.74 Å². The van der Waals surface area contributed by atoms with E-state index in [1.807, 2.05) is 0 Å². The molecule has 6 heteroatoms. The van der Waals surface area contributed by atoms with E-state index in [0.29, 0.717) is 5.11 Å². The van der Waals surface area contributed by atoms with E-state index in [2.05, 4.69) is 15.6 Å². The maximum atomic E-state index is 5.23. The van der Waals surface area contributed by atoms with Crippen LogP contribution in [0.2, 0.25) is 0 Å². The third-order valence-electron chi connectivity index (χ3n) is 1.95. The molecule has 1 heterocycles. The van der Waals surface area contributed by atoms with Crippen LogP contribution in [0.25, 0.3) is 0 Å². The van der Waals surface area contributed by atoms with Gasteiger partial charge in [0.15, 0.2) is 5.11 Å². The Bertz CT molecular complexity index is 161. The zero-order valence-electron chi connectivity index (χ0n) is 7.58. The standard InChI is InChI=1S/C7H16N4OS/c8-10-7(13)9-1-2-11-3-5-12-6-4-11/h1-6,8H2,(H2,9,10,13). The number of hydrazine groups is 1. The molecule has 1 aliphatic rings. The number of hydrogen-bond donors (Lipinski definition) is 3. The lowest BCUT2D eigenvalue weighted by molar-refractivity contribution is 0.0389. The van der Waals surface area contributed by atoms with Crippen molar-refractivity contribution in [1.29, 1.82) is 0 Å². The Morgan fingerprint density at radius 1 is 1.46 bits per heavy atom. The van der Waals surface area contributed by atoms with E-state index >= 15 is 0 Å². The summed E-state index contributed by atoms with van der Waals surface area (Å²) in [5.74, 6) is 5.10. The van der Waals surface area contributed by atoms with Gasteiger partial charge in [-0.2, -0.15) is 0 Å². The lowest BCUT2D eigenvalue weighted by Crippen LogP contribution is -2.45. The molecule has 0 radical (unpaired) electrons. The molecule has 0 aromatic carbocycles. The number of hydrogen-bond acceptors (Lipinski definition) is 4. The quantitative estimate of drug-likeness (QED) is 0.300. The highest BCUT2D eigenvalue weighted by molar-refractivity contribution is 7.80. The van der Waals surface area contributed by atoms with Gasteiger partial charge in [-0.25, -0.2) is 5.84 Å². The lowest BCUT2D eigenvalue weighted by Gasteiger charge is -2.26. The summed E-state index contributed by atoms with van der Waals surface area (Å²) in [7, 11) is 0. The Morgan fingerprint density at radius 2 is 2.15 bits per heavy atom. The molecule has 1 rings (SSSR count). The van der Waals surface area contributed by atoms with Crippen LogP contribution in [0.1, 0.15) is 0 Å². The minimum absolute atomic E-state index is 0.494. The highest BCUT2D eigenvalue weighted by Gasteiger charge is 2.08. The predicted molar refractivity (Wildman–Crippen MR) is 55.2 cm³/mol. The van der Waals surface area contributed by atoms with Crippen LogP contribution in [0.15, 0.2) is 0 Å². The van der Waals surface area contributed by atoms with Gasteiger partial charge in [0, 0.05) is 26.2 Å². The molecule has 1 saturated heterocycles. The zero-order valence-corrected chi connectivity index (χ0v) is 8.40. The molecule has 1 fully saturated rings. The highest BCUT2D eigenvalue weighted by Crippen LogP contribution is 1.94. The molecule has 5 nitrogen and oxygen atoms in total. The summed E-state index contributed by atoms with van der Waals surface area (Å²) in [5.41, 5.74) is 2.38. The molecule has 0 amide bonds. The van der Waals surface area contributed by atoms with Crippen LogP contribution in [0.5, 0.6) is 0 Å². The van der Waals surface area contributed by atoms with Crippen LogP contribution in [-0.4, -0.2) is 49.4 Å². The van der Waals surface area contributed by atoms with E-state index < -0.39 is 0 Å². The summed E-state index contributed by atoms with van der Waals surface area (Å²) in [5, 5.41) is 3.49. The normalized spacial score (nSPS) is 18.2. The Kier molecular flexibility index (Phi) is 4.99. The van der Waals surface area contributed by atoms with Crippen molar-refractivity contribution in [2.75, 3.05) is 39.4 Å². The summed E-state index contributed by atoms with van der Waals surface area (Å²) >= 11 is 4.83. The summed E-state index contributed by atoms with van der Waals surface area (Å²) in [6, 6.07) is 0. The first-order chi connectivity index (χ1) is 6.33. The molecule has 0 aromatic heterocycles. The van der Waals surface area contributed by atoms with Crippen molar-refractivity contribution in [3.05, 3.63) is 0 Å². The van der Waals surface area contributed by atoms with E-state index in [-0.39, 0.29) is 0 Å². The Hall–Kier alpha value is -0.430. The third-order valence-corrected chi connectivity index (χ3v) is 2.21. The molecule has 0 aliphatic carbocycles. The van der Waals surface area contributed by atoms with Crippen molar-refractivity contribution >= 4 is 17.3 Å². The molecule has 4 N–H and O–H groups in total. The van der Waals surface area contributed by atoms with E-state index in [4.69, 9.17) is 22.8 Å². The topological polar surface area (TPSA) is 62.5 Å². The van der Waals surface area contributed by atoms with Crippen LogP contribution in [0, 0.1) is 0 Å². The van der Waals surface area contributed by atoms with Gasteiger partial charge < -0.3 is 15.5 Å². The Balaban J connectivity index is 2.01. The molecule has 13 heavy (non-hydrogen) atoms. The molecule has 0 aromatic rings. The molecular weight excluding hydrogens is 188 g/mol. The average molecular weight is 204 g/mol. The van der Waals surface area contributed by atoms with Crippen molar-refractivity contribution in [2.24, 2.45) is 5.84 Å². The molecule has 1 aliphatic heterocycles. The predicted octanol–water partition coefficient (Wildman–Crippen LogP) is -1.34. The second-order valence-corrected chi connectivity index (χ2v) is 3.26. The third kappa shape index (κ3) is 4.37. The van der Waals surface area contributed by atoms with Crippen LogP contribution in [0.3, 0.4) is 0 Å². The summed E-state index contributed by atoms with van der Waals surface area (Å²) < 4.78 is 5.23. The van der Waals surface area contributed by atoms with Gasteiger partial charge in [-0.15, -0.1) is 0 Å². The molecule has 0 bridgehead atoms. The minimum Gasteiger partial charge on any atom is -0.379 e. The minimum atomic E-state index is 0.494. The van der Waals surface area contributed by atoms with Gasteiger partial charge in [0.2, 0.25) is 0 Å². The number of nitrogens with two attached hydrogens (primary N) is 1. The van der Waals surface area contributed by atoms with Crippen LogP contribution < -0.4 is 16.6 Å². The van der Waals surface area contributed by atoms with E-state index in [9.17, 15) is 0 Å². The fourth-order valence-corrected chi connectivity index (χ4v) is 1.31. The van der Waals surface area contributed by atoms with Crippen molar-refractivity contribution in [3.8, 4) is 0 Å². The molecule has 0 atom stereocenters. The van der Waals surface area contributed by atoms with Crippen LogP contribution in [-0.2, 0) is 4.74 Å². The van der Waals surface area contributed by atoms with E-state index in [0.717, 1.165) is 39.4 Å². The molecule has 0 saturated carbocycles. The molecular formula is C7H16N4OS. The van der Waals surface area contributed by atoms with Crippen LogP contribution >= 0.6 is 12.2 Å². The molecule has 76 valence electrons. The van der Waals surface area contributed by atoms with Gasteiger partial charge in [0.1, 0.15) is 0 Å². The maximum absolute atomic E-state index is 5.23. The second kappa shape index (κ2) is 6.09. The fourth-order valence-electron chi connectivity index (χ4n) is 1.20. The van der Waals surface area contributed by atoms with Gasteiger partial charge in [0.05, 0.1) is 13.2 Å². The summed E-state index contributed by atoms with van der Waals surface area (Å²) in [4.78, 5) is 2.33. The highest BCUT2D eigenvalue weighted by atomic mass is 32.1. The lowest BCUT2D eigenvalue weighted by atomic mass is 10.4. The van der Waals surface area contributed by atoms with E-state index in [1.165, 1.54) is 0 Å². The van der Waals surface area contributed by atoms with Gasteiger partial charge in [0.25, 0.3) is 0 Å². The number of rotatable bonds is 3. The fraction of sp³-hybridized carbons (Fsp3) is 0.857. The number of nitrogens with one attached hydrogen (secondary N) is 2. The maximum Gasteiger partial charge on any atom is 0.180 e. The SMILES string of the molecule is NNC(=S)NCCN1CCOCC1. The summed E-state index contributed by atoms with van der Waals surface area (Å²) in [6.07, 6.45) is 0. The largest absolute Gasteiger partial charge is 0.379 e. The average Bonchev–Trinajstić information content (AvgIpc) is 2.19. The number of nitrogens with zero attached hydrogens (tertiary/aromatic N) is 1. The Morgan fingerprint density at radius 3 is 2.77 bits per heavy atom. The molecule has 0 spiro atoms. The van der Waals surface area contributed by atoms with Gasteiger partial charge >= 0.3 is 0 Å². The number of ether oxygens (including phenoxy) is 1. The first-order valence-electron chi connectivity index (χ1n) is 4.37. The van der Waals surface area contributed by atoms with E-state index in [1.54, 1.807) is 0 Å².